The molecule has 3 heteroatoms. The molecule has 0 spiro atoms. The van der Waals surface area contributed by atoms with Gasteiger partial charge in [-0.1, -0.05) is 12.7 Å². The van der Waals surface area contributed by atoms with E-state index in [0.717, 1.165) is 5.57 Å². The molecule has 0 amide bonds. The molecule has 0 unspecified atom stereocenters. The van der Waals surface area contributed by atoms with Crippen LogP contribution in [0.5, 0.6) is 0 Å². The van der Waals surface area contributed by atoms with Gasteiger partial charge in [0, 0.05) is 0 Å². The lowest BCUT2D eigenvalue weighted by molar-refractivity contribution is -0.145. The van der Waals surface area contributed by atoms with Crippen LogP contribution < -0.4 is 5.73 Å². The number of hydrogen-bond donors (Lipinski definition) is 1. The predicted molar refractivity (Wildman–Crippen MR) is 41.8 cm³/mol. The van der Waals surface area contributed by atoms with E-state index in [1.807, 2.05) is 0 Å². The molecule has 0 aromatic carbocycles. The number of hydrogen-bond acceptors (Lipinski definition) is 3. The molecule has 60 valence electrons. The van der Waals surface area contributed by atoms with Crippen LogP contribution in [0, 0.1) is 0 Å². The Hall–Kier alpha value is -1.09. The van der Waals surface area contributed by atoms with E-state index in [1.165, 1.54) is 0 Å². The molecule has 0 radical (unpaired) electrons. The molecule has 1 aliphatic rings. The molecule has 11 heavy (non-hydrogen) atoms. The van der Waals surface area contributed by atoms with Crippen LogP contribution in [0.3, 0.4) is 0 Å². The van der Waals surface area contributed by atoms with Crippen molar-refractivity contribution in [3.63, 3.8) is 0 Å². The summed E-state index contributed by atoms with van der Waals surface area (Å²) in [6.07, 6.45) is 3.20. The van der Waals surface area contributed by atoms with Crippen molar-refractivity contribution in [3.05, 3.63) is 24.3 Å². The van der Waals surface area contributed by atoms with Gasteiger partial charge in [-0.2, -0.15) is 0 Å². The van der Waals surface area contributed by atoms with E-state index in [9.17, 15) is 4.79 Å². The third-order valence-corrected chi connectivity index (χ3v) is 1.61. The summed E-state index contributed by atoms with van der Waals surface area (Å²) in [6, 6.07) is 0. The summed E-state index contributed by atoms with van der Waals surface area (Å²) in [5.74, 6) is -0.394. The summed E-state index contributed by atoms with van der Waals surface area (Å²) in [5, 5.41) is 0. The average molecular weight is 153 g/mol. The van der Waals surface area contributed by atoms with Crippen molar-refractivity contribution in [2.75, 3.05) is 6.61 Å². The molecular formula is C8H11NO2. The summed E-state index contributed by atoms with van der Waals surface area (Å²) >= 11 is 0. The van der Waals surface area contributed by atoms with Crippen LogP contribution in [-0.2, 0) is 9.53 Å². The van der Waals surface area contributed by atoms with E-state index >= 15 is 0 Å². The van der Waals surface area contributed by atoms with Gasteiger partial charge < -0.3 is 10.5 Å². The van der Waals surface area contributed by atoms with E-state index < -0.39 is 11.5 Å². The quantitative estimate of drug-likeness (QED) is 0.596. The number of carbonyl (C=O) groups excluding carboxylic acids is 1. The molecule has 3 nitrogen and oxygen atoms in total. The van der Waals surface area contributed by atoms with Crippen molar-refractivity contribution in [2.45, 2.75) is 12.5 Å². The molecule has 2 N–H and O–H groups in total. The Morgan fingerprint density at radius 3 is 3.00 bits per heavy atom. The van der Waals surface area contributed by atoms with Crippen LogP contribution in [0.25, 0.3) is 0 Å². The van der Waals surface area contributed by atoms with E-state index in [1.54, 1.807) is 19.1 Å². The SMILES string of the molecule is C=CC1=C[C@]1(N)C(=O)OCC. The highest BCUT2D eigenvalue weighted by atomic mass is 16.5. The average Bonchev–Trinajstić information content (AvgIpc) is 2.64. The number of carbonyl (C=O) groups is 1. The number of rotatable bonds is 3. The maximum atomic E-state index is 11.0. The van der Waals surface area contributed by atoms with Crippen molar-refractivity contribution >= 4 is 5.97 Å². The molecule has 0 saturated carbocycles. The molecule has 0 aliphatic heterocycles. The maximum absolute atomic E-state index is 11.0. The maximum Gasteiger partial charge on any atom is 0.334 e. The molecule has 0 saturated heterocycles. The fraction of sp³-hybridized carbons (Fsp3) is 0.375. The molecule has 1 aliphatic carbocycles. The summed E-state index contributed by atoms with van der Waals surface area (Å²) in [7, 11) is 0. The Bertz CT molecular complexity index is 232. The summed E-state index contributed by atoms with van der Waals surface area (Å²) in [6.45, 7) is 5.61. The lowest BCUT2D eigenvalue weighted by atomic mass is 10.2. The molecular weight excluding hydrogens is 142 g/mol. The number of ether oxygens (including phenoxy) is 1. The van der Waals surface area contributed by atoms with Gasteiger partial charge in [0.25, 0.3) is 0 Å². The smallest absolute Gasteiger partial charge is 0.334 e. The van der Waals surface area contributed by atoms with Gasteiger partial charge in [0.05, 0.1) is 6.61 Å². The van der Waals surface area contributed by atoms with Crippen molar-refractivity contribution in [1.29, 1.82) is 0 Å². The van der Waals surface area contributed by atoms with Crippen LogP contribution in [-0.4, -0.2) is 18.1 Å². The second kappa shape index (κ2) is 2.51. The molecule has 0 aromatic heterocycles. The zero-order valence-electron chi connectivity index (χ0n) is 6.46. The molecule has 0 heterocycles. The van der Waals surface area contributed by atoms with E-state index in [4.69, 9.17) is 10.5 Å². The normalized spacial score (nSPS) is 27.3. The summed E-state index contributed by atoms with van der Waals surface area (Å²) < 4.78 is 4.74. The lowest BCUT2D eigenvalue weighted by Crippen LogP contribution is -2.38. The molecule has 0 fully saturated rings. The topological polar surface area (TPSA) is 52.3 Å². The molecule has 0 bridgehead atoms. The van der Waals surface area contributed by atoms with Crippen LogP contribution in [0.4, 0.5) is 0 Å². The van der Waals surface area contributed by atoms with E-state index in [-0.39, 0.29) is 0 Å². The third kappa shape index (κ3) is 1.19. The Labute approximate surface area is 65.5 Å². The van der Waals surface area contributed by atoms with Gasteiger partial charge in [-0.05, 0) is 18.6 Å². The monoisotopic (exact) mass is 153 g/mol. The molecule has 0 aromatic rings. The first kappa shape index (κ1) is 8.01. The Balaban J connectivity index is 2.51. The van der Waals surface area contributed by atoms with E-state index in [2.05, 4.69) is 6.58 Å². The highest BCUT2D eigenvalue weighted by Crippen LogP contribution is 2.33. The molecule has 1 atom stereocenters. The predicted octanol–water partition coefficient (Wildman–Crippen LogP) is 0.373. The van der Waals surface area contributed by atoms with Crippen molar-refractivity contribution < 1.29 is 9.53 Å². The van der Waals surface area contributed by atoms with Crippen molar-refractivity contribution in [3.8, 4) is 0 Å². The second-order valence-electron chi connectivity index (χ2n) is 2.39. The summed E-state index contributed by atoms with van der Waals surface area (Å²) in [4.78, 5) is 11.0. The van der Waals surface area contributed by atoms with Crippen LogP contribution in [0.1, 0.15) is 6.92 Å². The fourth-order valence-electron chi connectivity index (χ4n) is 0.864. The van der Waals surface area contributed by atoms with Crippen LogP contribution in [0.15, 0.2) is 24.3 Å². The lowest BCUT2D eigenvalue weighted by Gasteiger charge is -2.08. The standard InChI is InChI=1S/C8H11NO2/c1-3-6-5-8(6,9)7(10)11-4-2/h3,5H,1,4,9H2,2H3/t8-/m1/s1. The highest BCUT2D eigenvalue weighted by molar-refractivity contribution is 5.95. The number of nitrogens with two attached hydrogens (primary N) is 1. The highest BCUT2D eigenvalue weighted by Gasteiger charge is 2.47. The van der Waals surface area contributed by atoms with Crippen LogP contribution in [0.2, 0.25) is 0 Å². The Morgan fingerprint density at radius 1 is 2.00 bits per heavy atom. The van der Waals surface area contributed by atoms with Gasteiger partial charge in [-0.3, -0.25) is 0 Å². The minimum atomic E-state index is -0.961. The first-order chi connectivity index (χ1) is 5.15. The number of esters is 1. The minimum absolute atomic E-state index is 0.357. The van der Waals surface area contributed by atoms with E-state index in [0.29, 0.717) is 6.61 Å². The minimum Gasteiger partial charge on any atom is -0.464 e. The summed E-state index contributed by atoms with van der Waals surface area (Å²) in [5.41, 5.74) is 5.38. The Morgan fingerprint density at radius 2 is 2.64 bits per heavy atom. The first-order valence-electron chi connectivity index (χ1n) is 3.47. The van der Waals surface area contributed by atoms with Gasteiger partial charge in [0.2, 0.25) is 0 Å². The fourth-order valence-corrected chi connectivity index (χ4v) is 0.864. The zero-order valence-corrected chi connectivity index (χ0v) is 6.46. The van der Waals surface area contributed by atoms with Gasteiger partial charge in [-0.25, -0.2) is 4.79 Å². The third-order valence-electron chi connectivity index (χ3n) is 1.61. The van der Waals surface area contributed by atoms with Gasteiger partial charge in [0.15, 0.2) is 5.54 Å². The van der Waals surface area contributed by atoms with Gasteiger partial charge in [-0.15, -0.1) is 0 Å². The largest absolute Gasteiger partial charge is 0.464 e. The van der Waals surface area contributed by atoms with Crippen molar-refractivity contribution in [1.82, 2.24) is 0 Å². The van der Waals surface area contributed by atoms with Gasteiger partial charge >= 0.3 is 5.97 Å². The second-order valence-corrected chi connectivity index (χ2v) is 2.39. The van der Waals surface area contributed by atoms with Gasteiger partial charge in [0.1, 0.15) is 0 Å². The van der Waals surface area contributed by atoms with Crippen LogP contribution >= 0.6 is 0 Å². The molecule has 1 rings (SSSR count). The Kier molecular flexibility index (Phi) is 1.83. The zero-order chi connectivity index (χ0) is 8.48. The van der Waals surface area contributed by atoms with Crippen molar-refractivity contribution in [2.24, 2.45) is 5.73 Å². The first-order valence-corrected chi connectivity index (χ1v) is 3.47.